The maximum Gasteiger partial charge on any atom is 0.416 e. The van der Waals surface area contributed by atoms with Gasteiger partial charge in [0, 0.05) is 16.5 Å². The van der Waals surface area contributed by atoms with Gasteiger partial charge in [0.1, 0.15) is 5.69 Å². The van der Waals surface area contributed by atoms with Gasteiger partial charge < -0.3 is 0 Å². The summed E-state index contributed by atoms with van der Waals surface area (Å²) in [7, 11) is 0. The predicted octanol–water partition coefficient (Wildman–Crippen LogP) is 5.98. The van der Waals surface area contributed by atoms with Crippen LogP contribution < -0.4 is 0 Å². The number of aromatic nitrogens is 2. The third kappa shape index (κ3) is 2.92. The summed E-state index contributed by atoms with van der Waals surface area (Å²) in [4.78, 5) is 0. The molecule has 3 aromatic carbocycles. The van der Waals surface area contributed by atoms with Crippen LogP contribution in [0.5, 0.6) is 0 Å². The van der Waals surface area contributed by atoms with E-state index < -0.39 is 11.7 Å². The number of alkyl halides is 3. The van der Waals surface area contributed by atoms with Crippen LogP contribution in [-0.2, 0) is 6.18 Å². The van der Waals surface area contributed by atoms with Crippen molar-refractivity contribution in [3.8, 4) is 22.4 Å². The summed E-state index contributed by atoms with van der Waals surface area (Å²) >= 11 is 0. The van der Waals surface area contributed by atoms with Crippen molar-refractivity contribution in [3.05, 3.63) is 84.4 Å². The standard InChI is InChI=1S/C21H13F3N2/c22-21(23,24)16-11-12-18-17(13-16)19(14-7-3-1-4-8-14)20(26-25-18)15-9-5-2-6-10-15/h1-13H. The summed E-state index contributed by atoms with van der Waals surface area (Å²) in [6.45, 7) is 0. The minimum absolute atomic E-state index is 0.427. The molecule has 1 heterocycles. The third-order valence-corrected chi connectivity index (χ3v) is 4.20. The Morgan fingerprint density at radius 1 is 0.654 bits per heavy atom. The van der Waals surface area contributed by atoms with Gasteiger partial charge >= 0.3 is 6.18 Å². The van der Waals surface area contributed by atoms with Gasteiger partial charge in [-0.25, -0.2) is 0 Å². The van der Waals surface area contributed by atoms with E-state index in [1.165, 1.54) is 6.07 Å². The van der Waals surface area contributed by atoms with Gasteiger partial charge in [-0.05, 0) is 23.8 Å². The van der Waals surface area contributed by atoms with Crippen LogP contribution in [-0.4, -0.2) is 10.2 Å². The highest BCUT2D eigenvalue weighted by atomic mass is 19.4. The Hall–Kier alpha value is -3.21. The number of hydrogen-bond donors (Lipinski definition) is 0. The molecule has 26 heavy (non-hydrogen) atoms. The van der Waals surface area contributed by atoms with Crippen LogP contribution >= 0.6 is 0 Å². The Morgan fingerprint density at radius 3 is 1.88 bits per heavy atom. The molecule has 0 aliphatic heterocycles. The van der Waals surface area contributed by atoms with Crippen molar-refractivity contribution in [2.24, 2.45) is 0 Å². The van der Waals surface area contributed by atoms with Crippen LogP contribution in [0.1, 0.15) is 5.56 Å². The number of nitrogens with zero attached hydrogens (tertiary/aromatic N) is 2. The first-order chi connectivity index (χ1) is 12.5. The molecule has 4 rings (SSSR count). The first kappa shape index (κ1) is 16.3. The lowest BCUT2D eigenvalue weighted by molar-refractivity contribution is -0.137. The minimum Gasteiger partial charge on any atom is -0.166 e. The fraction of sp³-hybridized carbons (Fsp3) is 0.0476. The highest BCUT2D eigenvalue weighted by Gasteiger charge is 2.31. The molecule has 0 aliphatic rings. The van der Waals surface area contributed by atoms with Crippen LogP contribution in [0, 0.1) is 0 Å². The van der Waals surface area contributed by atoms with E-state index in [9.17, 15) is 13.2 Å². The van der Waals surface area contributed by atoms with Crippen molar-refractivity contribution in [3.63, 3.8) is 0 Å². The molecule has 0 saturated carbocycles. The topological polar surface area (TPSA) is 25.8 Å². The largest absolute Gasteiger partial charge is 0.416 e. The first-order valence-corrected chi connectivity index (χ1v) is 8.02. The van der Waals surface area contributed by atoms with Crippen molar-refractivity contribution < 1.29 is 13.2 Å². The van der Waals surface area contributed by atoms with Gasteiger partial charge in [0.2, 0.25) is 0 Å². The number of halogens is 3. The molecule has 1 aromatic heterocycles. The fourth-order valence-corrected chi connectivity index (χ4v) is 2.98. The number of fused-ring (bicyclic) bond motifs is 1. The van der Waals surface area contributed by atoms with Gasteiger partial charge in [-0.2, -0.15) is 13.2 Å². The minimum atomic E-state index is -4.42. The SMILES string of the molecule is FC(F)(F)c1ccc2nnc(-c3ccccc3)c(-c3ccccc3)c2c1. The molecule has 2 nitrogen and oxygen atoms in total. The van der Waals surface area contributed by atoms with E-state index in [2.05, 4.69) is 10.2 Å². The summed E-state index contributed by atoms with van der Waals surface area (Å²) in [6, 6.07) is 22.2. The summed E-state index contributed by atoms with van der Waals surface area (Å²) in [5.74, 6) is 0. The van der Waals surface area contributed by atoms with Crippen molar-refractivity contribution in [1.29, 1.82) is 0 Å². The average molecular weight is 350 g/mol. The Balaban J connectivity index is 2.09. The monoisotopic (exact) mass is 350 g/mol. The zero-order chi connectivity index (χ0) is 18.1. The molecule has 128 valence electrons. The molecule has 0 unspecified atom stereocenters. The second kappa shape index (κ2) is 6.26. The molecule has 0 spiro atoms. The van der Waals surface area contributed by atoms with Crippen molar-refractivity contribution in [1.82, 2.24) is 10.2 Å². The smallest absolute Gasteiger partial charge is 0.166 e. The van der Waals surface area contributed by atoms with Crippen molar-refractivity contribution in [2.75, 3.05) is 0 Å². The Labute approximate surface area is 147 Å². The lowest BCUT2D eigenvalue weighted by atomic mass is 9.95. The van der Waals surface area contributed by atoms with Gasteiger partial charge in [0.25, 0.3) is 0 Å². The maximum absolute atomic E-state index is 13.2. The van der Waals surface area contributed by atoms with E-state index >= 15 is 0 Å². The molecule has 0 radical (unpaired) electrons. The molecule has 0 N–H and O–H groups in total. The second-order valence-electron chi connectivity index (χ2n) is 5.89. The van der Waals surface area contributed by atoms with E-state index in [1.807, 2.05) is 60.7 Å². The van der Waals surface area contributed by atoms with Crippen LogP contribution in [0.2, 0.25) is 0 Å². The number of benzene rings is 3. The zero-order valence-electron chi connectivity index (χ0n) is 13.5. The highest BCUT2D eigenvalue weighted by molar-refractivity contribution is 6.00. The molecular formula is C21H13F3N2. The summed E-state index contributed by atoms with van der Waals surface area (Å²) in [5.41, 5.74) is 2.53. The second-order valence-corrected chi connectivity index (χ2v) is 5.89. The summed E-state index contributed by atoms with van der Waals surface area (Å²) in [5, 5.41) is 8.89. The Morgan fingerprint density at radius 2 is 1.27 bits per heavy atom. The van der Waals surface area contributed by atoms with Gasteiger partial charge in [-0.15, -0.1) is 10.2 Å². The van der Waals surface area contributed by atoms with Crippen LogP contribution in [0.25, 0.3) is 33.3 Å². The fourth-order valence-electron chi connectivity index (χ4n) is 2.98. The lowest BCUT2D eigenvalue weighted by Gasteiger charge is -2.14. The van der Waals surface area contributed by atoms with Crippen LogP contribution in [0.4, 0.5) is 13.2 Å². The average Bonchev–Trinajstić information content (AvgIpc) is 2.67. The molecule has 0 bridgehead atoms. The first-order valence-electron chi connectivity index (χ1n) is 8.02. The highest BCUT2D eigenvalue weighted by Crippen LogP contribution is 2.38. The van der Waals surface area contributed by atoms with Crippen LogP contribution in [0.15, 0.2) is 78.9 Å². The third-order valence-electron chi connectivity index (χ3n) is 4.20. The molecule has 0 saturated heterocycles. The Kier molecular flexibility index (Phi) is 3.92. The van der Waals surface area contributed by atoms with E-state index in [1.54, 1.807) is 0 Å². The molecule has 0 amide bonds. The van der Waals surface area contributed by atoms with E-state index in [4.69, 9.17) is 0 Å². The van der Waals surface area contributed by atoms with Crippen molar-refractivity contribution in [2.45, 2.75) is 6.18 Å². The van der Waals surface area contributed by atoms with Crippen LogP contribution in [0.3, 0.4) is 0 Å². The van der Waals surface area contributed by atoms with E-state index in [-0.39, 0.29) is 0 Å². The molecule has 0 atom stereocenters. The van der Waals surface area contributed by atoms with Gasteiger partial charge in [0.15, 0.2) is 0 Å². The molecule has 5 heteroatoms. The van der Waals surface area contributed by atoms with Gasteiger partial charge in [0.05, 0.1) is 11.1 Å². The van der Waals surface area contributed by atoms with Gasteiger partial charge in [-0.1, -0.05) is 60.7 Å². The van der Waals surface area contributed by atoms with E-state index in [0.29, 0.717) is 22.2 Å². The molecule has 4 aromatic rings. The van der Waals surface area contributed by atoms with Gasteiger partial charge in [-0.3, -0.25) is 0 Å². The molecule has 0 fully saturated rings. The normalized spacial score (nSPS) is 11.7. The van der Waals surface area contributed by atoms with E-state index in [0.717, 1.165) is 23.3 Å². The van der Waals surface area contributed by atoms with Crippen molar-refractivity contribution >= 4 is 10.9 Å². The summed E-state index contributed by atoms with van der Waals surface area (Å²) in [6.07, 6.45) is -4.42. The zero-order valence-corrected chi connectivity index (χ0v) is 13.5. The predicted molar refractivity (Wildman–Crippen MR) is 95.4 cm³/mol. The Bertz CT molecular complexity index is 1060. The lowest BCUT2D eigenvalue weighted by Crippen LogP contribution is -2.05. The number of hydrogen-bond acceptors (Lipinski definition) is 2. The summed E-state index contributed by atoms with van der Waals surface area (Å²) < 4.78 is 39.7. The molecule has 0 aliphatic carbocycles. The molecular weight excluding hydrogens is 337 g/mol. The maximum atomic E-state index is 13.2. The quantitative estimate of drug-likeness (QED) is 0.444. The number of rotatable bonds is 2.